The third-order valence-corrected chi connectivity index (χ3v) is 3.65. The highest BCUT2D eigenvalue weighted by atomic mass is 35.5. The third kappa shape index (κ3) is 4.33. The maximum atomic E-state index is 11.8. The van der Waals surface area contributed by atoms with Crippen LogP contribution in [0.25, 0.3) is 0 Å². The van der Waals surface area contributed by atoms with E-state index in [-0.39, 0.29) is 24.4 Å². The van der Waals surface area contributed by atoms with Crippen LogP contribution in [-0.2, 0) is 16.0 Å². The number of carbonyl (C=O) groups is 1. The topological polar surface area (TPSA) is 59.6 Å². The van der Waals surface area contributed by atoms with E-state index in [4.69, 9.17) is 9.47 Å². The molecule has 0 spiro atoms. The lowest BCUT2D eigenvalue weighted by molar-refractivity contribution is -0.115. The molecule has 6 heteroatoms. The molecular weight excluding hydrogens is 292 g/mol. The monoisotopic (exact) mass is 312 g/mol. The summed E-state index contributed by atoms with van der Waals surface area (Å²) in [5, 5.41) is 6.04. The largest absolute Gasteiger partial charge is 0.493 e. The summed E-state index contributed by atoms with van der Waals surface area (Å²) in [6.45, 7) is 2.63. The minimum Gasteiger partial charge on any atom is -0.493 e. The second-order valence-electron chi connectivity index (χ2n) is 5.24. The fourth-order valence-electron chi connectivity index (χ4n) is 2.62. The lowest BCUT2D eigenvalue weighted by atomic mass is 10.1. The zero-order chi connectivity index (χ0) is 13.8. The fourth-order valence-corrected chi connectivity index (χ4v) is 2.62. The summed E-state index contributed by atoms with van der Waals surface area (Å²) in [7, 11) is 0. The van der Waals surface area contributed by atoms with Crippen molar-refractivity contribution in [2.45, 2.75) is 25.4 Å². The first-order valence-electron chi connectivity index (χ1n) is 7.19. The number of fused-ring (bicyclic) bond motifs is 1. The van der Waals surface area contributed by atoms with E-state index in [0.29, 0.717) is 6.54 Å². The second kappa shape index (κ2) is 7.64. The van der Waals surface area contributed by atoms with Gasteiger partial charge in [0.05, 0.1) is 19.3 Å². The van der Waals surface area contributed by atoms with Crippen LogP contribution in [0.1, 0.15) is 18.4 Å². The molecule has 5 nitrogen and oxygen atoms in total. The molecule has 1 saturated heterocycles. The summed E-state index contributed by atoms with van der Waals surface area (Å²) >= 11 is 0. The van der Waals surface area contributed by atoms with Gasteiger partial charge in [0.1, 0.15) is 5.75 Å². The van der Waals surface area contributed by atoms with Crippen LogP contribution in [0.4, 0.5) is 5.69 Å². The van der Waals surface area contributed by atoms with E-state index in [1.807, 2.05) is 18.2 Å². The van der Waals surface area contributed by atoms with E-state index in [0.717, 1.165) is 56.0 Å². The minimum atomic E-state index is -0.0261. The summed E-state index contributed by atoms with van der Waals surface area (Å²) in [6, 6.07) is 5.78. The van der Waals surface area contributed by atoms with Crippen molar-refractivity contribution >= 4 is 24.0 Å². The quantitative estimate of drug-likeness (QED) is 0.869. The molecule has 2 aliphatic heterocycles. The van der Waals surface area contributed by atoms with Gasteiger partial charge in [-0.2, -0.15) is 0 Å². The first-order valence-corrected chi connectivity index (χ1v) is 7.19. The van der Waals surface area contributed by atoms with Gasteiger partial charge in [-0.1, -0.05) is 0 Å². The molecule has 1 fully saturated rings. The fraction of sp³-hybridized carbons (Fsp3) is 0.533. The van der Waals surface area contributed by atoms with Gasteiger partial charge in [-0.05, 0) is 36.6 Å². The Morgan fingerprint density at radius 1 is 1.33 bits per heavy atom. The number of hydrogen-bond acceptors (Lipinski definition) is 4. The smallest absolute Gasteiger partial charge is 0.238 e. The van der Waals surface area contributed by atoms with Crippen molar-refractivity contribution in [1.29, 1.82) is 0 Å². The Labute approximate surface area is 130 Å². The molecule has 1 unspecified atom stereocenters. The Bertz CT molecular complexity index is 490. The first kappa shape index (κ1) is 16.1. The molecule has 0 radical (unpaired) electrons. The highest BCUT2D eigenvalue weighted by molar-refractivity contribution is 5.92. The molecule has 2 N–H and O–H groups in total. The second-order valence-corrected chi connectivity index (χ2v) is 5.24. The van der Waals surface area contributed by atoms with E-state index in [9.17, 15) is 4.79 Å². The normalized spacial score (nSPS) is 19.5. The summed E-state index contributed by atoms with van der Waals surface area (Å²) in [4.78, 5) is 11.8. The first-order chi connectivity index (χ1) is 9.81. The predicted molar refractivity (Wildman–Crippen MR) is 83.4 cm³/mol. The third-order valence-electron chi connectivity index (χ3n) is 3.65. The molecule has 2 heterocycles. The molecule has 1 amide bonds. The van der Waals surface area contributed by atoms with Gasteiger partial charge in [-0.15, -0.1) is 12.4 Å². The lowest BCUT2D eigenvalue weighted by Gasteiger charge is -2.11. The van der Waals surface area contributed by atoms with Gasteiger partial charge in [-0.3, -0.25) is 4.79 Å². The molecule has 0 aromatic heterocycles. The molecule has 1 aromatic carbocycles. The summed E-state index contributed by atoms with van der Waals surface area (Å²) in [6.07, 6.45) is 3.38. The highest BCUT2D eigenvalue weighted by Crippen LogP contribution is 2.27. The molecule has 3 rings (SSSR count). The van der Waals surface area contributed by atoms with Crippen LogP contribution in [0.15, 0.2) is 18.2 Å². The molecule has 2 aliphatic rings. The number of ether oxygens (including phenoxy) is 2. The van der Waals surface area contributed by atoms with Crippen molar-refractivity contribution < 1.29 is 14.3 Å². The predicted octanol–water partition coefficient (Wildman–Crippen LogP) is 1.75. The number of anilines is 1. The number of nitrogens with one attached hydrogen (secondary N) is 2. The number of carbonyl (C=O) groups excluding carboxylic acids is 1. The number of halogens is 1. The van der Waals surface area contributed by atoms with Crippen molar-refractivity contribution in [3.8, 4) is 5.75 Å². The Kier molecular flexibility index (Phi) is 5.85. The maximum Gasteiger partial charge on any atom is 0.238 e. The Morgan fingerprint density at radius 3 is 3.05 bits per heavy atom. The van der Waals surface area contributed by atoms with Gasteiger partial charge in [0.2, 0.25) is 5.91 Å². The average molecular weight is 313 g/mol. The van der Waals surface area contributed by atoms with Gasteiger partial charge in [-0.25, -0.2) is 0 Å². The Hall–Kier alpha value is -1.30. The van der Waals surface area contributed by atoms with Crippen LogP contribution in [0.5, 0.6) is 5.75 Å². The Balaban J connectivity index is 0.00000161. The number of rotatable bonds is 5. The van der Waals surface area contributed by atoms with E-state index < -0.39 is 0 Å². The van der Waals surface area contributed by atoms with Crippen molar-refractivity contribution in [2.24, 2.45) is 0 Å². The minimum absolute atomic E-state index is 0. The van der Waals surface area contributed by atoms with Crippen molar-refractivity contribution in [3.63, 3.8) is 0 Å². The van der Waals surface area contributed by atoms with Gasteiger partial charge in [0.15, 0.2) is 0 Å². The highest BCUT2D eigenvalue weighted by Gasteiger charge is 2.16. The molecule has 21 heavy (non-hydrogen) atoms. The average Bonchev–Trinajstić information content (AvgIpc) is 3.08. The van der Waals surface area contributed by atoms with Gasteiger partial charge in [0, 0.05) is 25.3 Å². The molecule has 0 aliphatic carbocycles. The van der Waals surface area contributed by atoms with Crippen molar-refractivity contribution in [2.75, 3.05) is 31.6 Å². The molecule has 1 aromatic rings. The molecular formula is C15H21ClN2O3. The number of amides is 1. The van der Waals surface area contributed by atoms with Gasteiger partial charge >= 0.3 is 0 Å². The van der Waals surface area contributed by atoms with Gasteiger partial charge < -0.3 is 20.1 Å². The van der Waals surface area contributed by atoms with Crippen molar-refractivity contribution in [3.05, 3.63) is 23.8 Å². The van der Waals surface area contributed by atoms with Crippen LogP contribution < -0.4 is 15.4 Å². The number of benzene rings is 1. The van der Waals surface area contributed by atoms with E-state index in [2.05, 4.69) is 10.6 Å². The van der Waals surface area contributed by atoms with Gasteiger partial charge in [0.25, 0.3) is 0 Å². The standard InChI is InChI=1S/C15H20N2O3.ClH/c18-15(10-16-9-13-2-1-6-19-13)17-12-3-4-14-11(8-12)5-7-20-14;/h3-4,8,13,16H,1-2,5-7,9-10H2,(H,17,18);1H. The van der Waals surface area contributed by atoms with Crippen LogP contribution in [0.2, 0.25) is 0 Å². The summed E-state index contributed by atoms with van der Waals surface area (Å²) in [5.41, 5.74) is 1.99. The summed E-state index contributed by atoms with van der Waals surface area (Å²) in [5.74, 6) is 0.904. The van der Waals surface area contributed by atoms with Crippen molar-refractivity contribution in [1.82, 2.24) is 5.32 Å². The van der Waals surface area contributed by atoms with Crippen LogP contribution >= 0.6 is 12.4 Å². The SMILES string of the molecule is Cl.O=C(CNCC1CCCO1)Nc1ccc2c(c1)CCO2. The zero-order valence-electron chi connectivity index (χ0n) is 11.9. The van der Waals surface area contributed by atoms with Crippen LogP contribution in [0, 0.1) is 0 Å². The molecule has 1 atom stereocenters. The van der Waals surface area contributed by atoms with Crippen LogP contribution in [0.3, 0.4) is 0 Å². The van der Waals surface area contributed by atoms with E-state index in [1.54, 1.807) is 0 Å². The maximum absolute atomic E-state index is 11.8. The van der Waals surface area contributed by atoms with E-state index >= 15 is 0 Å². The summed E-state index contributed by atoms with van der Waals surface area (Å²) < 4.78 is 10.9. The Morgan fingerprint density at radius 2 is 2.24 bits per heavy atom. The van der Waals surface area contributed by atoms with E-state index in [1.165, 1.54) is 0 Å². The number of hydrogen-bond donors (Lipinski definition) is 2. The molecule has 0 bridgehead atoms. The zero-order valence-corrected chi connectivity index (χ0v) is 12.7. The van der Waals surface area contributed by atoms with Crippen LogP contribution in [-0.4, -0.2) is 38.3 Å². The lowest BCUT2D eigenvalue weighted by Crippen LogP contribution is -2.33. The molecule has 116 valence electrons. The molecule has 0 saturated carbocycles.